The van der Waals surface area contributed by atoms with Crippen molar-refractivity contribution in [2.75, 3.05) is 24.5 Å². The van der Waals surface area contributed by atoms with Crippen molar-refractivity contribution in [1.29, 1.82) is 5.26 Å². The van der Waals surface area contributed by atoms with E-state index in [0.29, 0.717) is 35.7 Å². The third kappa shape index (κ3) is 7.42. The van der Waals surface area contributed by atoms with Crippen molar-refractivity contribution in [2.24, 2.45) is 0 Å². The SMILES string of the molecule is Cc1ccncc1CN(c1ccc(C(F)(F)F)nc1)C1CCN(C(C)CCNC(=O)c2c(C)cc(C#N)nc2C)CC1. The molecule has 0 saturated carbocycles. The fourth-order valence-electron chi connectivity index (χ4n) is 5.54. The number of likely N-dealkylation sites (tertiary alicyclic amines) is 1. The molecule has 42 heavy (non-hydrogen) atoms. The Balaban J connectivity index is 1.37. The molecular formula is C31H36F3N7O. The molecule has 1 aliphatic rings. The first kappa shape index (κ1) is 30.9. The summed E-state index contributed by atoms with van der Waals surface area (Å²) >= 11 is 0. The van der Waals surface area contributed by atoms with Crippen LogP contribution in [0.15, 0.2) is 42.9 Å². The molecule has 1 atom stereocenters. The largest absolute Gasteiger partial charge is 0.433 e. The minimum atomic E-state index is -4.49. The molecule has 0 aliphatic carbocycles. The number of pyridine rings is 3. The molecule has 1 fully saturated rings. The van der Waals surface area contributed by atoms with E-state index in [9.17, 15) is 18.0 Å². The van der Waals surface area contributed by atoms with E-state index in [4.69, 9.17) is 5.26 Å². The number of carbonyl (C=O) groups excluding carboxylic acids is 1. The van der Waals surface area contributed by atoms with Crippen LogP contribution in [0.4, 0.5) is 18.9 Å². The lowest BCUT2D eigenvalue weighted by Crippen LogP contribution is -2.48. The van der Waals surface area contributed by atoms with E-state index < -0.39 is 11.9 Å². The fourth-order valence-corrected chi connectivity index (χ4v) is 5.54. The number of piperidine rings is 1. The molecule has 1 saturated heterocycles. The molecule has 0 bridgehead atoms. The normalized spacial score (nSPS) is 15.2. The number of rotatable bonds is 9. The lowest BCUT2D eigenvalue weighted by atomic mass is 9.99. The summed E-state index contributed by atoms with van der Waals surface area (Å²) in [4.78, 5) is 29.5. The van der Waals surface area contributed by atoms with Gasteiger partial charge >= 0.3 is 6.18 Å². The first-order valence-corrected chi connectivity index (χ1v) is 14.1. The number of nitrogens with zero attached hydrogens (tertiary/aromatic N) is 6. The zero-order chi connectivity index (χ0) is 30.4. The number of amides is 1. The zero-order valence-corrected chi connectivity index (χ0v) is 24.4. The Labute approximate surface area is 244 Å². The van der Waals surface area contributed by atoms with Crippen LogP contribution in [0, 0.1) is 32.1 Å². The van der Waals surface area contributed by atoms with Gasteiger partial charge in [0.1, 0.15) is 17.5 Å². The highest BCUT2D eigenvalue weighted by Gasteiger charge is 2.33. The number of aryl methyl sites for hydroxylation is 3. The van der Waals surface area contributed by atoms with E-state index in [2.05, 4.69) is 37.0 Å². The molecule has 0 aromatic carbocycles. The Hall–Kier alpha value is -4.04. The van der Waals surface area contributed by atoms with Crippen LogP contribution < -0.4 is 10.2 Å². The molecule has 3 aromatic heterocycles. The highest BCUT2D eigenvalue weighted by molar-refractivity contribution is 5.96. The van der Waals surface area contributed by atoms with Crippen LogP contribution in [0.25, 0.3) is 0 Å². The Kier molecular flexibility index (Phi) is 9.78. The van der Waals surface area contributed by atoms with E-state index in [-0.39, 0.29) is 18.0 Å². The van der Waals surface area contributed by atoms with Crippen LogP contribution >= 0.6 is 0 Å². The van der Waals surface area contributed by atoms with Crippen molar-refractivity contribution in [1.82, 2.24) is 25.2 Å². The van der Waals surface area contributed by atoms with Gasteiger partial charge in [-0.3, -0.25) is 9.78 Å². The third-order valence-electron chi connectivity index (χ3n) is 8.01. The van der Waals surface area contributed by atoms with Gasteiger partial charge in [0.25, 0.3) is 5.91 Å². The van der Waals surface area contributed by atoms with Gasteiger partial charge in [-0.2, -0.15) is 18.4 Å². The molecule has 4 heterocycles. The zero-order valence-electron chi connectivity index (χ0n) is 24.4. The van der Waals surface area contributed by atoms with Crippen LogP contribution in [0.2, 0.25) is 0 Å². The Bertz CT molecular complexity index is 1400. The molecule has 3 aromatic rings. The second-order valence-electron chi connectivity index (χ2n) is 10.9. The van der Waals surface area contributed by atoms with Crippen LogP contribution in [-0.2, 0) is 12.7 Å². The number of nitriles is 1. The lowest BCUT2D eigenvalue weighted by Gasteiger charge is -2.42. The first-order chi connectivity index (χ1) is 20.0. The van der Waals surface area contributed by atoms with E-state index in [1.165, 1.54) is 12.3 Å². The minimum Gasteiger partial charge on any atom is -0.363 e. The molecule has 1 amide bonds. The summed E-state index contributed by atoms with van der Waals surface area (Å²) in [6.45, 7) is 10.4. The monoisotopic (exact) mass is 579 g/mol. The standard InChI is InChI=1S/C31H36F3N7O/c1-20-7-11-36-17-24(20)19-41(27-5-6-28(38-18-27)31(32,33)34)26-9-13-40(14-10-26)22(3)8-12-37-30(42)29-21(2)15-25(16-35)39-23(29)4/h5-7,11,15,17-18,22,26H,8-10,12-14,19H2,1-4H3,(H,37,42). The third-order valence-corrected chi connectivity index (χ3v) is 8.01. The maximum absolute atomic E-state index is 13.1. The van der Waals surface area contributed by atoms with E-state index in [1.807, 2.05) is 25.3 Å². The summed E-state index contributed by atoms with van der Waals surface area (Å²) in [5, 5.41) is 12.1. The fraction of sp³-hybridized carbons (Fsp3) is 0.452. The number of hydrogen-bond acceptors (Lipinski definition) is 7. The van der Waals surface area contributed by atoms with Crippen LogP contribution in [0.3, 0.4) is 0 Å². The van der Waals surface area contributed by atoms with Crippen molar-refractivity contribution >= 4 is 11.6 Å². The van der Waals surface area contributed by atoms with Crippen molar-refractivity contribution in [3.05, 3.63) is 82.2 Å². The highest BCUT2D eigenvalue weighted by Crippen LogP contribution is 2.31. The molecule has 0 spiro atoms. The van der Waals surface area contributed by atoms with Gasteiger partial charge < -0.3 is 15.1 Å². The smallest absolute Gasteiger partial charge is 0.363 e. The number of hydrogen-bond donors (Lipinski definition) is 1. The Morgan fingerprint density at radius 2 is 1.90 bits per heavy atom. The number of alkyl halides is 3. The Morgan fingerprint density at radius 1 is 1.17 bits per heavy atom. The highest BCUT2D eigenvalue weighted by atomic mass is 19.4. The molecular weight excluding hydrogens is 543 g/mol. The molecule has 11 heteroatoms. The van der Waals surface area contributed by atoms with Crippen LogP contribution in [0.5, 0.6) is 0 Å². The molecule has 222 valence electrons. The minimum absolute atomic E-state index is 0.126. The summed E-state index contributed by atoms with van der Waals surface area (Å²) in [6, 6.07) is 8.47. The van der Waals surface area contributed by atoms with Gasteiger partial charge in [0.2, 0.25) is 0 Å². The topological polar surface area (TPSA) is 98.0 Å². The number of aromatic nitrogens is 3. The Morgan fingerprint density at radius 3 is 2.50 bits per heavy atom. The number of nitrogens with one attached hydrogen (secondary N) is 1. The van der Waals surface area contributed by atoms with Gasteiger partial charge in [-0.05, 0) is 87.9 Å². The number of carbonyl (C=O) groups is 1. The predicted molar refractivity (Wildman–Crippen MR) is 154 cm³/mol. The maximum Gasteiger partial charge on any atom is 0.433 e. The quantitative estimate of drug-likeness (QED) is 0.364. The van der Waals surface area contributed by atoms with Crippen LogP contribution in [-0.4, -0.2) is 57.5 Å². The predicted octanol–water partition coefficient (Wildman–Crippen LogP) is 5.37. The summed E-state index contributed by atoms with van der Waals surface area (Å²) < 4.78 is 39.4. The number of anilines is 1. The average molecular weight is 580 g/mol. The van der Waals surface area contributed by atoms with Crippen molar-refractivity contribution < 1.29 is 18.0 Å². The van der Waals surface area contributed by atoms with Gasteiger partial charge in [-0.25, -0.2) is 9.97 Å². The number of halogens is 3. The second-order valence-corrected chi connectivity index (χ2v) is 10.9. The summed E-state index contributed by atoms with van der Waals surface area (Å²) in [5.74, 6) is -0.195. The van der Waals surface area contributed by atoms with Crippen molar-refractivity contribution in [2.45, 2.75) is 71.8 Å². The average Bonchev–Trinajstić information content (AvgIpc) is 2.96. The summed E-state index contributed by atoms with van der Waals surface area (Å²) in [7, 11) is 0. The maximum atomic E-state index is 13.1. The van der Waals surface area contributed by atoms with E-state index >= 15 is 0 Å². The van der Waals surface area contributed by atoms with Gasteiger partial charge in [-0.1, -0.05) is 0 Å². The second kappa shape index (κ2) is 13.3. The van der Waals surface area contributed by atoms with E-state index in [0.717, 1.165) is 55.1 Å². The van der Waals surface area contributed by atoms with Gasteiger partial charge in [-0.15, -0.1) is 0 Å². The molecule has 1 N–H and O–H groups in total. The molecule has 0 radical (unpaired) electrons. The van der Waals surface area contributed by atoms with Gasteiger partial charge in [0, 0.05) is 50.7 Å². The van der Waals surface area contributed by atoms with Crippen molar-refractivity contribution in [3.63, 3.8) is 0 Å². The lowest BCUT2D eigenvalue weighted by molar-refractivity contribution is -0.141. The van der Waals surface area contributed by atoms with Gasteiger partial charge in [0.05, 0.1) is 23.1 Å². The summed E-state index contributed by atoms with van der Waals surface area (Å²) in [5.41, 5.74) is 3.90. The van der Waals surface area contributed by atoms with Gasteiger partial charge in [0.15, 0.2) is 0 Å². The summed E-state index contributed by atoms with van der Waals surface area (Å²) in [6.07, 6.45) is 2.81. The van der Waals surface area contributed by atoms with Crippen LogP contribution in [0.1, 0.15) is 70.3 Å². The molecule has 4 rings (SSSR count). The molecule has 1 aliphatic heterocycles. The molecule has 1 unspecified atom stereocenters. The first-order valence-electron chi connectivity index (χ1n) is 14.1. The van der Waals surface area contributed by atoms with Crippen molar-refractivity contribution in [3.8, 4) is 6.07 Å². The molecule has 8 nitrogen and oxygen atoms in total. The van der Waals surface area contributed by atoms with E-state index in [1.54, 1.807) is 26.1 Å².